The fraction of sp³-hybridized carbons (Fsp3) is 0.875. The number of nitrogens with zero attached hydrogens (tertiary/aromatic N) is 1. The number of hydrogen-bond donors (Lipinski definition) is 1. The van der Waals surface area contributed by atoms with Crippen LogP contribution in [0.4, 0.5) is 0 Å². The van der Waals surface area contributed by atoms with Gasteiger partial charge in [-0.15, -0.1) is 0 Å². The average molecular weight is 142 g/mol. The molecule has 0 aliphatic heterocycles. The first-order valence-corrected chi connectivity index (χ1v) is 3.96. The molecular formula is C8H18N2. The summed E-state index contributed by atoms with van der Waals surface area (Å²) in [6, 6.07) is 0.556. The van der Waals surface area contributed by atoms with E-state index in [0.717, 1.165) is 19.4 Å². The van der Waals surface area contributed by atoms with E-state index < -0.39 is 0 Å². The standard InChI is InChI=1S/C8H18N2/c1-4-6-10-7-5-8(2)9-3/h7-9H,4-6H2,1-3H3. The zero-order valence-corrected chi connectivity index (χ0v) is 7.22. The second kappa shape index (κ2) is 6.75. The van der Waals surface area contributed by atoms with E-state index in [9.17, 15) is 0 Å². The minimum atomic E-state index is 0.556. The third-order valence-electron chi connectivity index (χ3n) is 1.43. The highest BCUT2D eigenvalue weighted by Gasteiger charge is 1.91. The number of rotatable bonds is 5. The van der Waals surface area contributed by atoms with E-state index in [1.807, 2.05) is 13.3 Å². The molecule has 0 aromatic heterocycles. The molecule has 0 spiro atoms. The highest BCUT2D eigenvalue weighted by atomic mass is 14.9. The molecule has 2 heteroatoms. The van der Waals surface area contributed by atoms with Crippen molar-refractivity contribution in [3.63, 3.8) is 0 Å². The quantitative estimate of drug-likeness (QED) is 0.577. The Hall–Kier alpha value is -0.370. The van der Waals surface area contributed by atoms with Crippen LogP contribution in [0.15, 0.2) is 4.99 Å². The van der Waals surface area contributed by atoms with Crippen LogP contribution < -0.4 is 5.32 Å². The van der Waals surface area contributed by atoms with Crippen molar-refractivity contribution in [3.8, 4) is 0 Å². The van der Waals surface area contributed by atoms with Crippen LogP contribution in [0.2, 0.25) is 0 Å². The zero-order chi connectivity index (χ0) is 7.82. The Bertz CT molecular complexity index is 89.3. The third kappa shape index (κ3) is 5.76. The summed E-state index contributed by atoms with van der Waals surface area (Å²) < 4.78 is 0. The summed E-state index contributed by atoms with van der Waals surface area (Å²) in [6.07, 6.45) is 4.19. The molecule has 0 aliphatic rings. The lowest BCUT2D eigenvalue weighted by Crippen LogP contribution is -2.21. The molecule has 0 saturated heterocycles. The van der Waals surface area contributed by atoms with Gasteiger partial charge in [0.2, 0.25) is 0 Å². The van der Waals surface area contributed by atoms with Crippen LogP contribution in [0, 0.1) is 0 Å². The van der Waals surface area contributed by atoms with Crippen molar-refractivity contribution >= 4 is 6.21 Å². The van der Waals surface area contributed by atoms with Crippen LogP contribution in [-0.2, 0) is 0 Å². The molecule has 2 nitrogen and oxygen atoms in total. The fourth-order valence-electron chi connectivity index (χ4n) is 0.571. The second-order valence-electron chi connectivity index (χ2n) is 2.51. The molecule has 0 radical (unpaired) electrons. The molecule has 0 aromatic carbocycles. The predicted octanol–water partition coefficient (Wildman–Crippen LogP) is 1.47. The monoisotopic (exact) mass is 142 g/mol. The van der Waals surface area contributed by atoms with Crippen molar-refractivity contribution in [1.82, 2.24) is 5.32 Å². The van der Waals surface area contributed by atoms with Crippen molar-refractivity contribution < 1.29 is 0 Å². The van der Waals surface area contributed by atoms with Gasteiger partial charge in [0.05, 0.1) is 0 Å². The summed E-state index contributed by atoms with van der Waals surface area (Å²) in [7, 11) is 1.97. The lowest BCUT2D eigenvalue weighted by atomic mass is 10.2. The molecule has 1 N–H and O–H groups in total. The van der Waals surface area contributed by atoms with Crippen molar-refractivity contribution in [2.75, 3.05) is 13.6 Å². The van der Waals surface area contributed by atoms with Crippen LogP contribution >= 0.6 is 0 Å². The van der Waals surface area contributed by atoms with E-state index in [-0.39, 0.29) is 0 Å². The largest absolute Gasteiger partial charge is 0.317 e. The number of hydrogen-bond acceptors (Lipinski definition) is 2. The Kier molecular flexibility index (Phi) is 6.50. The van der Waals surface area contributed by atoms with Crippen LogP contribution in [0.25, 0.3) is 0 Å². The smallest absolute Gasteiger partial charge is 0.0382 e. The van der Waals surface area contributed by atoms with E-state index in [1.165, 1.54) is 0 Å². The van der Waals surface area contributed by atoms with Crippen LogP contribution in [0.3, 0.4) is 0 Å². The van der Waals surface area contributed by atoms with E-state index in [1.54, 1.807) is 0 Å². The maximum atomic E-state index is 4.21. The third-order valence-corrected chi connectivity index (χ3v) is 1.43. The molecule has 0 fully saturated rings. The summed E-state index contributed by atoms with van der Waals surface area (Å²) in [5, 5.41) is 3.15. The van der Waals surface area contributed by atoms with Gasteiger partial charge in [0, 0.05) is 18.8 Å². The van der Waals surface area contributed by atoms with Crippen LogP contribution in [0.1, 0.15) is 26.7 Å². The van der Waals surface area contributed by atoms with E-state index in [0.29, 0.717) is 6.04 Å². The fourth-order valence-corrected chi connectivity index (χ4v) is 0.571. The Morgan fingerprint density at radius 2 is 2.30 bits per heavy atom. The van der Waals surface area contributed by atoms with Crippen LogP contribution in [0.5, 0.6) is 0 Å². The highest BCUT2D eigenvalue weighted by molar-refractivity contribution is 5.57. The van der Waals surface area contributed by atoms with Crippen LogP contribution in [-0.4, -0.2) is 25.8 Å². The molecule has 0 heterocycles. The first-order chi connectivity index (χ1) is 4.81. The molecule has 1 unspecified atom stereocenters. The van der Waals surface area contributed by atoms with Gasteiger partial charge in [0.1, 0.15) is 0 Å². The Morgan fingerprint density at radius 1 is 1.60 bits per heavy atom. The molecule has 0 aromatic rings. The molecular weight excluding hydrogens is 124 g/mol. The van der Waals surface area contributed by atoms with Gasteiger partial charge in [-0.05, 0) is 26.8 Å². The first-order valence-electron chi connectivity index (χ1n) is 3.96. The van der Waals surface area contributed by atoms with E-state index >= 15 is 0 Å². The lowest BCUT2D eigenvalue weighted by molar-refractivity contribution is 0.637. The molecule has 1 atom stereocenters. The topological polar surface area (TPSA) is 24.4 Å². The van der Waals surface area contributed by atoms with Gasteiger partial charge in [-0.25, -0.2) is 0 Å². The van der Waals surface area contributed by atoms with E-state index in [2.05, 4.69) is 24.2 Å². The zero-order valence-electron chi connectivity index (χ0n) is 7.22. The van der Waals surface area contributed by atoms with Crippen molar-refractivity contribution in [1.29, 1.82) is 0 Å². The maximum Gasteiger partial charge on any atom is 0.0382 e. The Labute approximate surface area is 63.7 Å². The number of nitrogens with one attached hydrogen (secondary N) is 1. The highest BCUT2D eigenvalue weighted by Crippen LogP contribution is 1.85. The normalized spacial score (nSPS) is 14.3. The molecule has 0 amide bonds. The van der Waals surface area contributed by atoms with Gasteiger partial charge >= 0.3 is 0 Å². The minimum absolute atomic E-state index is 0.556. The molecule has 0 rings (SSSR count). The summed E-state index contributed by atoms with van der Waals surface area (Å²) >= 11 is 0. The van der Waals surface area contributed by atoms with Crippen molar-refractivity contribution in [3.05, 3.63) is 0 Å². The summed E-state index contributed by atoms with van der Waals surface area (Å²) in [6.45, 7) is 5.26. The van der Waals surface area contributed by atoms with Crippen molar-refractivity contribution in [2.45, 2.75) is 32.7 Å². The van der Waals surface area contributed by atoms with Gasteiger partial charge in [-0.2, -0.15) is 0 Å². The first kappa shape index (κ1) is 9.63. The minimum Gasteiger partial charge on any atom is -0.317 e. The van der Waals surface area contributed by atoms with Gasteiger partial charge in [-0.3, -0.25) is 4.99 Å². The van der Waals surface area contributed by atoms with Gasteiger partial charge < -0.3 is 5.32 Å². The van der Waals surface area contributed by atoms with Gasteiger partial charge in [0.25, 0.3) is 0 Å². The molecule has 0 saturated carbocycles. The number of aliphatic imine (C=N–C) groups is 1. The molecule has 10 heavy (non-hydrogen) atoms. The summed E-state index contributed by atoms with van der Waals surface area (Å²) in [5.41, 5.74) is 0. The second-order valence-corrected chi connectivity index (χ2v) is 2.51. The van der Waals surface area contributed by atoms with E-state index in [4.69, 9.17) is 0 Å². The molecule has 0 bridgehead atoms. The Balaban J connectivity index is 3.16. The van der Waals surface area contributed by atoms with Crippen molar-refractivity contribution in [2.24, 2.45) is 4.99 Å². The summed E-state index contributed by atoms with van der Waals surface area (Å²) in [4.78, 5) is 4.21. The molecule has 0 aliphatic carbocycles. The summed E-state index contributed by atoms with van der Waals surface area (Å²) in [5.74, 6) is 0. The predicted molar refractivity (Wildman–Crippen MR) is 46.8 cm³/mol. The lowest BCUT2D eigenvalue weighted by Gasteiger charge is -2.03. The van der Waals surface area contributed by atoms with Gasteiger partial charge in [-0.1, -0.05) is 6.92 Å². The maximum absolute atomic E-state index is 4.21. The SMILES string of the molecule is CCCN=CCC(C)NC. The average Bonchev–Trinajstić information content (AvgIpc) is 1.98. The van der Waals surface area contributed by atoms with Gasteiger partial charge in [0.15, 0.2) is 0 Å². The molecule has 60 valence electrons. The Morgan fingerprint density at radius 3 is 2.80 bits per heavy atom.